The number of hydrogen-bond donors (Lipinski definition) is 1. The van der Waals surface area contributed by atoms with Crippen molar-refractivity contribution in [1.82, 2.24) is 4.90 Å². The first kappa shape index (κ1) is 19.0. The highest BCUT2D eigenvalue weighted by Gasteiger charge is 2.18. The van der Waals surface area contributed by atoms with E-state index in [9.17, 15) is 0 Å². The van der Waals surface area contributed by atoms with Crippen LogP contribution in [0.2, 0.25) is 0 Å². The zero-order chi connectivity index (χ0) is 17.2. The molecule has 0 aliphatic rings. The van der Waals surface area contributed by atoms with Gasteiger partial charge in [-0.05, 0) is 45.0 Å². The van der Waals surface area contributed by atoms with Gasteiger partial charge in [-0.15, -0.1) is 0 Å². The molecule has 0 saturated carbocycles. The van der Waals surface area contributed by atoms with Gasteiger partial charge in [0.05, 0.1) is 13.2 Å². The third-order valence-electron chi connectivity index (χ3n) is 3.74. The molecule has 0 aromatic heterocycles. The predicted octanol–water partition coefficient (Wildman–Crippen LogP) is 4.44. The molecular formula is C20H30N2O. The molecule has 1 atom stereocenters. The number of likely N-dealkylation sites (N-methyl/N-ethyl adjacent to an activating group) is 1. The minimum atomic E-state index is 0.206. The van der Waals surface area contributed by atoms with Gasteiger partial charge in [-0.1, -0.05) is 48.9 Å². The molecule has 0 aliphatic heterocycles. The molecule has 1 aromatic rings. The average Bonchev–Trinajstić information content (AvgIpc) is 2.54. The van der Waals surface area contributed by atoms with E-state index in [2.05, 4.69) is 56.2 Å². The van der Waals surface area contributed by atoms with Crippen LogP contribution in [0.3, 0.4) is 0 Å². The fourth-order valence-electron chi connectivity index (χ4n) is 2.49. The molecule has 126 valence electrons. The van der Waals surface area contributed by atoms with Crippen molar-refractivity contribution in [1.29, 1.82) is 0 Å². The van der Waals surface area contributed by atoms with Crippen LogP contribution in [0.1, 0.15) is 38.8 Å². The highest BCUT2D eigenvalue weighted by molar-refractivity contribution is 5.34. The van der Waals surface area contributed by atoms with E-state index in [1.54, 1.807) is 7.11 Å². The van der Waals surface area contributed by atoms with Crippen molar-refractivity contribution in [2.75, 3.05) is 20.7 Å². The van der Waals surface area contributed by atoms with Gasteiger partial charge in [0.1, 0.15) is 5.75 Å². The van der Waals surface area contributed by atoms with E-state index in [0.29, 0.717) is 0 Å². The Morgan fingerprint density at radius 1 is 1.26 bits per heavy atom. The molecule has 1 rings (SSSR count). The van der Waals surface area contributed by atoms with E-state index >= 15 is 0 Å². The molecule has 3 heteroatoms. The van der Waals surface area contributed by atoms with Crippen LogP contribution >= 0.6 is 0 Å². The van der Waals surface area contributed by atoms with Gasteiger partial charge in [0.2, 0.25) is 0 Å². The van der Waals surface area contributed by atoms with E-state index < -0.39 is 0 Å². The van der Waals surface area contributed by atoms with Crippen LogP contribution in [0.25, 0.3) is 0 Å². The Kier molecular flexibility index (Phi) is 8.20. The number of allylic oxidation sites excluding steroid dienone is 4. The molecule has 0 aliphatic carbocycles. The summed E-state index contributed by atoms with van der Waals surface area (Å²) in [4.78, 5) is 2.30. The minimum Gasteiger partial charge on any atom is -0.497 e. The molecule has 0 heterocycles. The highest BCUT2D eigenvalue weighted by Crippen LogP contribution is 2.28. The molecule has 0 bridgehead atoms. The van der Waals surface area contributed by atoms with Crippen molar-refractivity contribution < 1.29 is 4.74 Å². The Bertz CT molecular complexity index is 552. The Hall–Kier alpha value is -2.00. The standard InChI is InChI=1S/C20H30N2O/c1-6-7-8-9-16(2)20(22(4)15-14-17(3)21)18-10-12-19(23-5)13-11-18/h7-14,20H,6,15,21H2,1-5H3/b8-7-,16-9+,17-14+. The summed E-state index contributed by atoms with van der Waals surface area (Å²) in [6.45, 7) is 7.04. The second-order valence-corrected chi connectivity index (χ2v) is 5.81. The summed E-state index contributed by atoms with van der Waals surface area (Å²) in [5.74, 6) is 0.875. The lowest BCUT2D eigenvalue weighted by atomic mass is 9.97. The van der Waals surface area contributed by atoms with Crippen molar-refractivity contribution >= 4 is 0 Å². The third-order valence-corrected chi connectivity index (χ3v) is 3.74. The van der Waals surface area contributed by atoms with Crippen LogP contribution in [0.5, 0.6) is 5.75 Å². The molecule has 0 fully saturated rings. The van der Waals surface area contributed by atoms with Gasteiger partial charge < -0.3 is 10.5 Å². The van der Waals surface area contributed by atoms with E-state index in [4.69, 9.17) is 10.5 Å². The van der Waals surface area contributed by atoms with E-state index in [1.807, 2.05) is 25.1 Å². The maximum absolute atomic E-state index is 5.78. The van der Waals surface area contributed by atoms with Crippen molar-refractivity contribution in [3.8, 4) is 5.75 Å². The van der Waals surface area contributed by atoms with Crippen molar-refractivity contribution in [3.05, 3.63) is 65.4 Å². The summed E-state index contributed by atoms with van der Waals surface area (Å²) < 4.78 is 5.26. The summed E-state index contributed by atoms with van der Waals surface area (Å²) >= 11 is 0. The average molecular weight is 314 g/mol. The van der Waals surface area contributed by atoms with Crippen LogP contribution in [0.4, 0.5) is 0 Å². The first-order valence-corrected chi connectivity index (χ1v) is 8.09. The number of nitrogens with two attached hydrogens (primary N) is 1. The summed E-state index contributed by atoms with van der Waals surface area (Å²) in [6.07, 6.45) is 9.57. The lowest BCUT2D eigenvalue weighted by Gasteiger charge is -2.29. The molecule has 2 N–H and O–H groups in total. The van der Waals surface area contributed by atoms with Gasteiger partial charge in [0.15, 0.2) is 0 Å². The lowest BCUT2D eigenvalue weighted by Crippen LogP contribution is -2.26. The summed E-state index contributed by atoms with van der Waals surface area (Å²) in [5, 5.41) is 0. The van der Waals surface area contributed by atoms with E-state index in [1.165, 1.54) is 11.1 Å². The predicted molar refractivity (Wildman–Crippen MR) is 99.5 cm³/mol. The number of hydrogen-bond acceptors (Lipinski definition) is 3. The van der Waals surface area contributed by atoms with Gasteiger partial charge >= 0.3 is 0 Å². The molecule has 0 amide bonds. The van der Waals surface area contributed by atoms with Gasteiger partial charge in [-0.2, -0.15) is 0 Å². The first-order valence-electron chi connectivity index (χ1n) is 8.09. The first-order chi connectivity index (χ1) is 11.0. The molecule has 23 heavy (non-hydrogen) atoms. The number of nitrogens with zero attached hydrogens (tertiary/aromatic N) is 1. The monoisotopic (exact) mass is 314 g/mol. The largest absolute Gasteiger partial charge is 0.497 e. The summed E-state index contributed by atoms with van der Waals surface area (Å²) in [7, 11) is 3.81. The fourth-order valence-corrected chi connectivity index (χ4v) is 2.49. The summed E-state index contributed by atoms with van der Waals surface area (Å²) in [5.41, 5.74) is 9.17. The Morgan fingerprint density at radius 3 is 2.43 bits per heavy atom. The minimum absolute atomic E-state index is 0.206. The van der Waals surface area contributed by atoms with Gasteiger partial charge in [0, 0.05) is 12.2 Å². The lowest BCUT2D eigenvalue weighted by molar-refractivity contribution is 0.303. The molecule has 1 unspecified atom stereocenters. The molecule has 0 radical (unpaired) electrons. The number of ether oxygens (including phenoxy) is 1. The van der Waals surface area contributed by atoms with Crippen LogP contribution in [-0.2, 0) is 0 Å². The maximum Gasteiger partial charge on any atom is 0.118 e. The summed E-state index contributed by atoms with van der Waals surface area (Å²) in [6, 6.07) is 8.47. The van der Waals surface area contributed by atoms with Crippen LogP contribution in [0, 0.1) is 0 Å². The Morgan fingerprint density at radius 2 is 1.91 bits per heavy atom. The highest BCUT2D eigenvalue weighted by atomic mass is 16.5. The third kappa shape index (κ3) is 6.33. The fraction of sp³-hybridized carbons (Fsp3) is 0.400. The molecule has 0 saturated heterocycles. The van der Waals surface area contributed by atoms with E-state index in [-0.39, 0.29) is 6.04 Å². The van der Waals surface area contributed by atoms with Crippen molar-refractivity contribution in [2.45, 2.75) is 33.2 Å². The van der Waals surface area contributed by atoms with Crippen LogP contribution < -0.4 is 10.5 Å². The van der Waals surface area contributed by atoms with Gasteiger partial charge in [0.25, 0.3) is 0 Å². The topological polar surface area (TPSA) is 38.5 Å². The number of rotatable bonds is 8. The zero-order valence-corrected chi connectivity index (χ0v) is 15.0. The molecule has 3 nitrogen and oxygen atoms in total. The normalized spacial score (nSPS) is 14.5. The molecular weight excluding hydrogens is 284 g/mol. The van der Waals surface area contributed by atoms with E-state index in [0.717, 1.165) is 24.4 Å². The van der Waals surface area contributed by atoms with Crippen molar-refractivity contribution in [2.24, 2.45) is 5.73 Å². The van der Waals surface area contributed by atoms with Crippen LogP contribution in [-0.4, -0.2) is 25.6 Å². The SMILES string of the molecule is CC/C=C\C=C(/C)C(c1ccc(OC)cc1)N(C)C/C=C(\C)N. The zero-order valence-electron chi connectivity index (χ0n) is 15.0. The smallest absolute Gasteiger partial charge is 0.118 e. The molecule has 0 spiro atoms. The number of benzene rings is 1. The number of methoxy groups -OCH3 is 1. The Balaban J connectivity index is 3.10. The Labute approximate surface area is 141 Å². The van der Waals surface area contributed by atoms with Crippen molar-refractivity contribution in [3.63, 3.8) is 0 Å². The van der Waals surface area contributed by atoms with Gasteiger partial charge in [-0.25, -0.2) is 0 Å². The molecule has 1 aromatic carbocycles. The second-order valence-electron chi connectivity index (χ2n) is 5.81. The van der Waals surface area contributed by atoms with Gasteiger partial charge in [-0.3, -0.25) is 4.90 Å². The van der Waals surface area contributed by atoms with Crippen LogP contribution in [0.15, 0.2) is 59.8 Å². The quantitative estimate of drug-likeness (QED) is 0.721. The maximum atomic E-state index is 5.78. The second kappa shape index (κ2) is 9.90.